The van der Waals surface area contributed by atoms with Gasteiger partial charge in [-0.25, -0.2) is 0 Å². The van der Waals surface area contributed by atoms with Crippen LogP contribution in [-0.2, 0) is 10.2 Å². The van der Waals surface area contributed by atoms with E-state index in [1.807, 2.05) is 24.3 Å². The van der Waals surface area contributed by atoms with Gasteiger partial charge in [0, 0.05) is 36.3 Å². The van der Waals surface area contributed by atoms with Crippen molar-refractivity contribution in [3.05, 3.63) is 59.4 Å². The lowest BCUT2D eigenvalue weighted by atomic mass is 9.74. The van der Waals surface area contributed by atoms with Crippen LogP contribution in [0.2, 0.25) is 0 Å². The summed E-state index contributed by atoms with van der Waals surface area (Å²) in [5, 5.41) is 6.92. The summed E-state index contributed by atoms with van der Waals surface area (Å²) in [6.45, 7) is 3.83. The van der Waals surface area contributed by atoms with Gasteiger partial charge >= 0.3 is 0 Å². The first-order chi connectivity index (χ1) is 15.1. The number of benzene rings is 2. The predicted molar refractivity (Wildman–Crippen MR) is 111 cm³/mol. The van der Waals surface area contributed by atoms with Gasteiger partial charge in [-0.05, 0) is 61.7 Å². The van der Waals surface area contributed by atoms with Crippen molar-refractivity contribution < 1.29 is 23.5 Å². The summed E-state index contributed by atoms with van der Waals surface area (Å²) in [5.74, 6) is 2.39. The molecule has 1 fully saturated rings. The summed E-state index contributed by atoms with van der Waals surface area (Å²) in [4.78, 5) is 17.1. The van der Waals surface area contributed by atoms with E-state index in [2.05, 4.69) is 21.5 Å². The van der Waals surface area contributed by atoms with Crippen molar-refractivity contribution in [2.45, 2.75) is 25.2 Å². The molecule has 0 aliphatic carbocycles. The number of nitrogens with zero attached hydrogens (tertiary/aromatic N) is 2. The Bertz CT molecular complexity index is 1090. The Balaban J connectivity index is 1.32. The van der Waals surface area contributed by atoms with Gasteiger partial charge in [-0.2, -0.15) is 4.98 Å². The first kappa shape index (κ1) is 19.6. The van der Waals surface area contributed by atoms with Crippen molar-refractivity contribution in [3.63, 3.8) is 0 Å². The molecule has 3 aromatic rings. The van der Waals surface area contributed by atoms with E-state index < -0.39 is 0 Å². The molecule has 0 radical (unpaired) electrons. The number of fused-ring (bicyclic) bond motifs is 1. The molecule has 0 spiro atoms. The van der Waals surface area contributed by atoms with Crippen LogP contribution in [0.15, 0.2) is 47.0 Å². The van der Waals surface area contributed by atoms with Gasteiger partial charge < -0.3 is 24.1 Å². The zero-order valence-electron chi connectivity index (χ0n) is 17.2. The molecule has 3 heterocycles. The maximum absolute atomic E-state index is 12.9. The zero-order valence-corrected chi connectivity index (χ0v) is 17.2. The van der Waals surface area contributed by atoms with Crippen LogP contribution in [0.25, 0.3) is 11.5 Å². The van der Waals surface area contributed by atoms with E-state index in [0.29, 0.717) is 37.0 Å². The molecule has 5 rings (SSSR count). The second-order valence-corrected chi connectivity index (χ2v) is 7.87. The van der Waals surface area contributed by atoms with Crippen molar-refractivity contribution in [2.75, 3.05) is 26.6 Å². The molecule has 1 aromatic heterocycles. The summed E-state index contributed by atoms with van der Waals surface area (Å²) in [5.41, 5.74) is 2.27. The fourth-order valence-corrected chi connectivity index (χ4v) is 4.09. The van der Waals surface area contributed by atoms with Gasteiger partial charge in [-0.3, -0.25) is 4.79 Å². The summed E-state index contributed by atoms with van der Waals surface area (Å²) in [6.07, 6.45) is 1.64. The highest BCUT2D eigenvalue weighted by atomic mass is 16.7. The van der Waals surface area contributed by atoms with Crippen LogP contribution in [0, 0.1) is 6.92 Å². The van der Waals surface area contributed by atoms with Crippen molar-refractivity contribution in [1.29, 1.82) is 0 Å². The molecule has 0 saturated carbocycles. The van der Waals surface area contributed by atoms with Gasteiger partial charge in [0.05, 0.1) is 0 Å². The molecule has 2 aliphatic rings. The highest BCUT2D eigenvalue weighted by Crippen LogP contribution is 2.40. The van der Waals surface area contributed by atoms with Crippen LogP contribution >= 0.6 is 0 Å². The van der Waals surface area contributed by atoms with Gasteiger partial charge in [-0.15, -0.1) is 0 Å². The molecule has 2 aliphatic heterocycles. The van der Waals surface area contributed by atoms with Gasteiger partial charge in [0.1, 0.15) is 0 Å². The van der Waals surface area contributed by atoms with Crippen LogP contribution in [0.3, 0.4) is 0 Å². The second-order valence-electron chi connectivity index (χ2n) is 7.87. The smallest absolute Gasteiger partial charge is 0.257 e. The number of aromatic nitrogens is 2. The molecule has 0 unspecified atom stereocenters. The van der Waals surface area contributed by atoms with E-state index in [-0.39, 0.29) is 18.1 Å². The number of hydrogen-bond donors (Lipinski definition) is 1. The third-order valence-electron chi connectivity index (χ3n) is 5.94. The molecular weight excluding hydrogens is 398 g/mol. The Morgan fingerprint density at radius 3 is 2.58 bits per heavy atom. The average Bonchev–Trinajstić information content (AvgIpc) is 3.46. The zero-order chi connectivity index (χ0) is 21.3. The number of carbonyl (C=O) groups is 1. The number of aryl methyl sites for hydroxylation is 1. The number of rotatable bonds is 5. The van der Waals surface area contributed by atoms with Gasteiger partial charge in [-0.1, -0.05) is 11.2 Å². The first-order valence-corrected chi connectivity index (χ1v) is 10.3. The Hall–Kier alpha value is -3.39. The third kappa shape index (κ3) is 3.86. The molecule has 0 bridgehead atoms. The first-order valence-electron chi connectivity index (χ1n) is 10.3. The highest BCUT2D eigenvalue weighted by molar-refractivity contribution is 5.94. The third-order valence-corrected chi connectivity index (χ3v) is 5.94. The molecule has 8 nitrogen and oxygen atoms in total. The van der Waals surface area contributed by atoms with Crippen LogP contribution in [-0.4, -0.2) is 42.6 Å². The Kier molecular flexibility index (Phi) is 5.07. The summed E-state index contributed by atoms with van der Waals surface area (Å²) in [7, 11) is 0. The Morgan fingerprint density at radius 2 is 1.84 bits per heavy atom. The predicted octanol–water partition coefficient (Wildman–Crippen LogP) is 3.25. The minimum Gasteiger partial charge on any atom is -0.454 e. The van der Waals surface area contributed by atoms with Crippen molar-refractivity contribution in [2.24, 2.45) is 0 Å². The van der Waals surface area contributed by atoms with Crippen LogP contribution in [0.5, 0.6) is 11.5 Å². The quantitative estimate of drug-likeness (QED) is 0.676. The minimum absolute atomic E-state index is 0.125. The molecule has 2 aromatic carbocycles. The molecule has 1 saturated heterocycles. The van der Waals surface area contributed by atoms with Crippen LogP contribution in [0.4, 0.5) is 0 Å². The number of carbonyl (C=O) groups excluding carboxylic acids is 1. The molecule has 1 amide bonds. The molecule has 8 heteroatoms. The maximum Gasteiger partial charge on any atom is 0.257 e. The highest BCUT2D eigenvalue weighted by Gasteiger charge is 2.36. The normalized spacial score (nSPS) is 16.8. The topological polar surface area (TPSA) is 95.7 Å². The molecule has 31 heavy (non-hydrogen) atoms. The minimum atomic E-state index is -0.212. The fourth-order valence-electron chi connectivity index (χ4n) is 4.09. The standard InChI is InChI=1S/C23H23N3O5/c1-15-25-22(31-26-15)17-4-2-16(3-5-17)21(27)24-13-23(8-10-28-11-9-23)18-6-7-19-20(12-18)30-14-29-19/h2-7,12H,8-11,13-14H2,1H3,(H,24,27). The van der Waals surface area contributed by atoms with Crippen molar-refractivity contribution in [3.8, 4) is 23.0 Å². The van der Waals surface area contributed by atoms with Crippen LogP contribution in [0.1, 0.15) is 34.6 Å². The van der Waals surface area contributed by atoms with E-state index in [1.54, 1.807) is 19.1 Å². The van der Waals surface area contributed by atoms with Crippen LogP contribution < -0.4 is 14.8 Å². The van der Waals surface area contributed by atoms with Crippen molar-refractivity contribution >= 4 is 5.91 Å². The van der Waals surface area contributed by atoms with Crippen molar-refractivity contribution in [1.82, 2.24) is 15.5 Å². The van der Waals surface area contributed by atoms with Gasteiger partial charge in [0.2, 0.25) is 6.79 Å². The average molecular weight is 421 g/mol. The SMILES string of the molecule is Cc1noc(-c2ccc(C(=O)NCC3(c4ccc5c(c4)OCO5)CCOCC3)cc2)n1. The molecule has 0 atom stereocenters. The number of nitrogens with one attached hydrogen (secondary N) is 1. The monoisotopic (exact) mass is 421 g/mol. The summed E-state index contributed by atoms with van der Waals surface area (Å²) in [6, 6.07) is 13.2. The Morgan fingerprint density at radius 1 is 1.06 bits per heavy atom. The lowest BCUT2D eigenvalue weighted by Gasteiger charge is -2.38. The summed E-state index contributed by atoms with van der Waals surface area (Å²) >= 11 is 0. The number of amides is 1. The van der Waals surface area contributed by atoms with E-state index in [1.165, 1.54) is 0 Å². The Labute approximate surface area is 179 Å². The molecular formula is C23H23N3O5. The summed E-state index contributed by atoms with van der Waals surface area (Å²) < 4.78 is 21.8. The van der Waals surface area contributed by atoms with E-state index in [9.17, 15) is 4.79 Å². The molecule has 160 valence electrons. The maximum atomic E-state index is 12.9. The largest absolute Gasteiger partial charge is 0.454 e. The van der Waals surface area contributed by atoms with Gasteiger partial charge in [0.25, 0.3) is 11.8 Å². The lowest BCUT2D eigenvalue weighted by molar-refractivity contribution is 0.0486. The fraction of sp³-hybridized carbons (Fsp3) is 0.348. The van der Waals surface area contributed by atoms with Gasteiger partial charge in [0.15, 0.2) is 17.3 Å². The van der Waals surface area contributed by atoms with E-state index in [4.69, 9.17) is 18.7 Å². The van der Waals surface area contributed by atoms with E-state index in [0.717, 1.165) is 35.5 Å². The van der Waals surface area contributed by atoms with E-state index >= 15 is 0 Å². The molecule has 1 N–H and O–H groups in total. The lowest BCUT2D eigenvalue weighted by Crippen LogP contribution is -2.44. The number of hydrogen-bond acceptors (Lipinski definition) is 7. The second kappa shape index (κ2) is 8.03. The number of ether oxygens (including phenoxy) is 3.